The first-order valence-corrected chi connectivity index (χ1v) is 10.1. The summed E-state index contributed by atoms with van der Waals surface area (Å²) in [6, 6.07) is 5.00. The van der Waals surface area contributed by atoms with Crippen molar-refractivity contribution in [1.29, 1.82) is 0 Å². The van der Waals surface area contributed by atoms with Gasteiger partial charge in [-0.2, -0.15) is 0 Å². The zero-order valence-electron chi connectivity index (χ0n) is 17.2. The number of halogens is 1. The summed E-state index contributed by atoms with van der Waals surface area (Å²) in [6.07, 6.45) is 0.400. The monoisotopic (exact) mass is 407 g/mol. The minimum atomic E-state index is -2.16. The third-order valence-corrected chi connectivity index (χ3v) is 5.39. The molecule has 1 saturated heterocycles. The second-order valence-electron chi connectivity index (χ2n) is 7.62. The maximum atomic E-state index is 14.5. The van der Waals surface area contributed by atoms with Gasteiger partial charge in [-0.25, -0.2) is 9.87 Å². The van der Waals surface area contributed by atoms with Crippen LogP contribution in [0.3, 0.4) is 0 Å². The lowest BCUT2D eigenvalue weighted by Crippen LogP contribution is -2.49. The van der Waals surface area contributed by atoms with Crippen molar-refractivity contribution in [3.63, 3.8) is 0 Å². The number of carbonyl (C=O) groups is 3. The summed E-state index contributed by atoms with van der Waals surface area (Å²) in [5.41, 5.74) is 3.87. The molecule has 2 rings (SSSR count). The van der Waals surface area contributed by atoms with Gasteiger partial charge in [0.15, 0.2) is 6.17 Å². The second kappa shape index (κ2) is 10.3. The summed E-state index contributed by atoms with van der Waals surface area (Å²) in [6.45, 7) is 6.04. The minimum absolute atomic E-state index is 0.172. The molecule has 1 fully saturated rings. The molecule has 0 radical (unpaired) electrons. The van der Waals surface area contributed by atoms with Gasteiger partial charge in [0, 0.05) is 12.2 Å². The van der Waals surface area contributed by atoms with E-state index in [-0.39, 0.29) is 12.3 Å². The molecule has 0 bridgehead atoms. The van der Waals surface area contributed by atoms with Gasteiger partial charge in [-0.15, -0.1) is 0 Å². The highest BCUT2D eigenvalue weighted by atomic mass is 19.1. The molecule has 1 aliphatic rings. The molecule has 3 atom stereocenters. The summed E-state index contributed by atoms with van der Waals surface area (Å²) >= 11 is 0. The number of carbonyl (C=O) groups excluding carboxylic acids is 3. The van der Waals surface area contributed by atoms with Crippen LogP contribution in [-0.2, 0) is 14.4 Å². The van der Waals surface area contributed by atoms with Crippen LogP contribution in [0.25, 0.3) is 0 Å². The lowest BCUT2D eigenvalue weighted by molar-refractivity contribution is -0.148. The van der Waals surface area contributed by atoms with Crippen molar-refractivity contribution >= 4 is 23.4 Å². The number of likely N-dealkylation sites (tertiary alicyclic amines) is 1. The first-order valence-electron chi connectivity index (χ1n) is 10.1. The Hall–Kier alpha value is -2.48. The Balaban J connectivity index is 2.17. The maximum absolute atomic E-state index is 14.5. The van der Waals surface area contributed by atoms with Gasteiger partial charge in [-0.1, -0.05) is 31.9 Å². The predicted molar refractivity (Wildman–Crippen MR) is 107 cm³/mol. The number of nitrogens with one attached hydrogen (secondary N) is 2. The zero-order valence-corrected chi connectivity index (χ0v) is 17.2. The number of alkyl halides is 1. The Morgan fingerprint density at radius 2 is 2.03 bits per heavy atom. The molecule has 0 aliphatic carbocycles. The van der Waals surface area contributed by atoms with Crippen LogP contribution in [-0.4, -0.2) is 46.6 Å². The van der Waals surface area contributed by atoms with E-state index in [2.05, 4.69) is 5.32 Å². The van der Waals surface area contributed by atoms with Gasteiger partial charge in [0.25, 0.3) is 5.91 Å². The number of rotatable bonds is 8. The molecule has 1 aromatic rings. The van der Waals surface area contributed by atoms with Gasteiger partial charge in [-0.3, -0.25) is 19.6 Å². The van der Waals surface area contributed by atoms with Gasteiger partial charge in [0.2, 0.25) is 11.8 Å². The Morgan fingerprint density at radius 1 is 1.31 bits per heavy atom. The van der Waals surface area contributed by atoms with Gasteiger partial charge < -0.3 is 10.2 Å². The first kappa shape index (κ1) is 22.8. The molecule has 1 aliphatic heterocycles. The molecule has 0 spiro atoms. The molecule has 160 valence electrons. The standard InChI is InChI=1S/C21H30FN3O4/c1-4-5-7-15(18(22)20(27)24-29)21(28)25-11-6-8-17(25)19(26)23-16-12-13(2)9-10-14(16)3/h9-10,12,15,17-18,29H,4-8,11H2,1-3H3,(H,23,26)(H,24,27)/t15?,17-,18?/m0/s1. The van der Waals surface area contributed by atoms with Gasteiger partial charge >= 0.3 is 0 Å². The van der Waals surface area contributed by atoms with E-state index in [1.165, 1.54) is 10.4 Å². The Bertz CT molecular complexity index is 755. The van der Waals surface area contributed by atoms with E-state index < -0.39 is 29.9 Å². The third kappa shape index (κ3) is 5.53. The van der Waals surface area contributed by atoms with Crippen molar-refractivity contribution in [3.8, 4) is 0 Å². The number of benzene rings is 1. The summed E-state index contributed by atoms with van der Waals surface area (Å²) in [5, 5.41) is 11.6. The molecule has 3 N–H and O–H groups in total. The first-order chi connectivity index (χ1) is 13.8. The Morgan fingerprint density at radius 3 is 2.69 bits per heavy atom. The van der Waals surface area contributed by atoms with Crippen molar-refractivity contribution in [2.75, 3.05) is 11.9 Å². The number of hydroxylamine groups is 1. The van der Waals surface area contributed by atoms with E-state index in [0.717, 1.165) is 17.5 Å². The van der Waals surface area contributed by atoms with E-state index in [9.17, 15) is 18.8 Å². The fourth-order valence-electron chi connectivity index (χ4n) is 3.67. The van der Waals surface area contributed by atoms with Crippen LogP contribution in [0, 0.1) is 19.8 Å². The third-order valence-electron chi connectivity index (χ3n) is 5.39. The van der Waals surface area contributed by atoms with Crippen LogP contribution in [0.15, 0.2) is 18.2 Å². The average molecular weight is 407 g/mol. The summed E-state index contributed by atoms with van der Waals surface area (Å²) in [7, 11) is 0. The second-order valence-corrected chi connectivity index (χ2v) is 7.62. The van der Waals surface area contributed by atoms with E-state index in [1.54, 1.807) is 0 Å². The zero-order chi connectivity index (χ0) is 21.6. The number of amides is 3. The van der Waals surface area contributed by atoms with Crippen LogP contribution < -0.4 is 10.8 Å². The molecule has 8 heteroatoms. The minimum Gasteiger partial charge on any atom is -0.330 e. The molecule has 2 unspecified atom stereocenters. The van der Waals surface area contributed by atoms with Crippen molar-refractivity contribution in [1.82, 2.24) is 10.4 Å². The smallest absolute Gasteiger partial charge is 0.278 e. The highest BCUT2D eigenvalue weighted by Crippen LogP contribution is 2.27. The largest absolute Gasteiger partial charge is 0.330 e. The molecule has 0 saturated carbocycles. The van der Waals surface area contributed by atoms with Crippen LogP contribution in [0.1, 0.15) is 50.2 Å². The van der Waals surface area contributed by atoms with Gasteiger partial charge in [0.05, 0.1) is 5.92 Å². The van der Waals surface area contributed by atoms with E-state index >= 15 is 0 Å². The van der Waals surface area contributed by atoms with Crippen molar-refractivity contribution in [3.05, 3.63) is 29.3 Å². The van der Waals surface area contributed by atoms with Crippen LogP contribution in [0.5, 0.6) is 0 Å². The normalized spacial score (nSPS) is 18.2. The van der Waals surface area contributed by atoms with E-state index in [1.807, 2.05) is 39.0 Å². The van der Waals surface area contributed by atoms with Crippen LogP contribution >= 0.6 is 0 Å². The fraction of sp³-hybridized carbons (Fsp3) is 0.571. The molecular weight excluding hydrogens is 377 g/mol. The SMILES string of the molecule is CCCCC(C(=O)N1CCC[C@H]1C(=O)Nc1cc(C)ccc1C)C(F)C(=O)NO. The molecule has 0 aromatic heterocycles. The maximum Gasteiger partial charge on any atom is 0.278 e. The predicted octanol–water partition coefficient (Wildman–Crippen LogP) is 2.88. The number of hydrogen-bond donors (Lipinski definition) is 3. The van der Waals surface area contributed by atoms with Crippen molar-refractivity contribution in [2.24, 2.45) is 5.92 Å². The Kier molecular flexibility index (Phi) is 8.13. The number of unbranched alkanes of at least 4 members (excludes halogenated alkanes) is 1. The lowest BCUT2D eigenvalue weighted by atomic mass is 9.94. The number of aryl methyl sites for hydroxylation is 2. The lowest BCUT2D eigenvalue weighted by Gasteiger charge is -2.29. The summed E-state index contributed by atoms with van der Waals surface area (Å²) in [5.74, 6) is -3.35. The van der Waals surface area contributed by atoms with Crippen molar-refractivity contribution in [2.45, 2.75) is 65.1 Å². The molecular formula is C21H30FN3O4. The fourth-order valence-corrected chi connectivity index (χ4v) is 3.67. The molecule has 1 aromatic carbocycles. The number of anilines is 1. The number of hydrogen-bond acceptors (Lipinski definition) is 4. The molecule has 7 nitrogen and oxygen atoms in total. The highest BCUT2D eigenvalue weighted by Gasteiger charge is 2.41. The van der Waals surface area contributed by atoms with Gasteiger partial charge in [-0.05, 0) is 50.3 Å². The molecule has 1 heterocycles. The highest BCUT2D eigenvalue weighted by molar-refractivity contribution is 5.99. The average Bonchev–Trinajstić information content (AvgIpc) is 3.20. The Labute approximate surface area is 170 Å². The van der Waals surface area contributed by atoms with Gasteiger partial charge in [0.1, 0.15) is 6.04 Å². The van der Waals surface area contributed by atoms with Crippen LogP contribution in [0.4, 0.5) is 10.1 Å². The van der Waals surface area contributed by atoms with E-state index in [4.69, 9.17) is 5.21 Å². The van der Waals surface area contributed by atoms with E-state index in [0.29, 0.717) is 31.5 Å². The summed E-state index contributed by atoms with van der Waals surface area (Å²) in [4.78, 5) is 38.9. The number of nitrogens with zero attached hydrogens (tertiary/aromatic N) is 1. The quantitative estimate of drug-likeness (QED) is 0.456. The van der Waals surface area contributed by atoms with Crippen molar-refractivity contribution < 1.29 is 24.0 Å². The van der Waals surface area contributed by atoms with Crippen LogP contribution in [0.2, 0.25) is 0 Å². The topological polar surface area (TPSA) is 98.7 Å². The summed E-state index contributed by atoms with van der Waals surface area (Å²) < 4.78 is 14.5. The molecule has 29 heavy (non-hydrogen) atoms. The molecule has 3 amide bonds.